The lowest BCUT2D eigenvalue weighted by molar-refractivity contribution is -0.137. The topological polar surface area (TPSA) is 66.8 Å². The molecule has 0 saturated carbocycles. The van der Waals surface area contributed by atoms with Crippen LogP contribution in [0.5, 0.6) is 5.75 Å². The Kier molecular flexibility index (Phi) is 7.29. The number of carbonyl (C=O) groups excluding carboxylic acids is 2. The molecule has 0 aromatic heterocycles. The highest BCUT2D eigenvalue weighted by atomic mass is 19.4. The second kappa shape index (κ2) is 10.2. The Morgan fingerprint density at radius 1 is 0.949 bits per heavy atom. The van der Waals surface area contributed by atoms with Gasteiger partial charge in [0.2, 0.25) is 0 Å². The molecular formula is C30H27F4NO4. The number of aliphatic hydroxyl groups is 1. The highest BCUT2D eigenvalue weighted by molar-refractivity contribution is 6.51. The molecule has 1 fully saturated rings. The van der Waals surface area contributed by atoms with Gasteiger partial charge in [-0.3, -0.25) is 14.5 Å². The lowest BCUT2D eigenvalue weighted by atomic mass is 9.84. The predicted molar refractivity (Wildman–Crippen MR) is 139 cm³/mol. The monoisotopic (exact) mass is 541 g/mol. The highest BCUT2D eigenvalue weighted by Gasteiger charge is 2.47. The number of ether oxygens (including phenoxy) is 1. The standard InChI is InChI=1S/C30H27F4NO4/c1-5-39-23-15-8-18(16-22(23)29(2,3)4)26(36)24-25(17-6-11-20(31)12-7-17)35(28(38)27(24)37)21-13-9-19(10-14-21)30(32,33)34/h6-16,25,36H,5H2,1-4H3/b26-24-. The Morgan fingerprint density at radius 2 is 1.56 bits per heavy atom. The average Bonchev–Trinajstić information content (AvgIpc) is 3.13. The summed E-state index contributed by atoms with van der Waals surface area (Å²) in [4.78, 5) is 27.6. The van der Waals surface area contributed by atoms with Crippen LogP contribution < -0.4 is 9.64 Å². The third-order valence-corrected chi connectivity index (χ3v) is 6.46. The molecule has 1 unspecified atom stereocenters. The van der Waals surface area contributed by atoms with E-state index in [9.17, 15) is 32.3 Å². The molecule has 1 aliphatic rings. The van der Waals surface area contributed by atoms with E-state index >= 15 is 0 Å². The Morgan fingerprint density at radius 3 is 2.10 bits per heavy atom. The van der Waals surface area contributed by atoms with Crippen LogP contribution in [-0.2, 0) is 21.2 Å². The van der Waals surface area contributed by atoms with Crippen LogP contribution in [0.1, 0.15) is 56.0 Å². The Hall–Kier alpha value is -4.14. The van der Waals surface area contributed by atoms with Gasteiger partial charge in [-0.15, -0.1) is 0 Å². The lowest BCUT2D eigenvalue weighted by Crippen LogP contribution is -2.29. The van der Waals surface area contributed by atoms with Gasteiger partial charge >= 0.3 is 6.18 Å². The van der Waals surface area contributed by atoms with Crippen LogP contribution >= 0.6 is 0 Å². The van der Waals surface area contributed by atoms with Crippen LogP contribution in [0.2, 0.25) is 0 Å². The third kappa shape index (κ3) is 5.39. The fourth-order valence-electron chi connectivity index (χ4n) is 4.57. The quantitative estimate of drug-likeness (QED) is 0.161. The number of rotatable bonds is 5. The first-order valence-electron chi connectivity index (χ1n) is 12.3. The van der Waals surface area contributed by atoms with Crippen molar-refractivity contribution >= 4 is 23.1 Å². The van der Waals surface area contributed by atoms with Crippen molar-refractivity contribution in [1.82, 2.24) is 0 Å². The summed E-state index contributed by atoms with van der Waals surface area (Å²) in [5.74, 6) is -2.49. The van der Waals surface area contributed by atoms with Crippen molar-refractivity contribution in [2.45, 2.75) is 45.3 Å². The van der Waals surface area contributed by atoms with Crippen molar-refractivity contribution < 1.29 is 37.0 Å². The number of halogens is 4. The van der Waals surface area contributed by atoms with E-state index in [1.165, 1.54) is 12.1 Å². The zero-order valence-electron chi connectivity index (χ0n) is 21.8. The first-order chi connectivity index (χ1) is 18.2. The lowest BCUT2D eigenvalue weighted by Gasteiger charge is -2.26. The molecule has 4 rings (SSSR count). The van der Waals surface area contributed by atoms with Gasteiger partial charge in [0.25, 0.3) is 11.7 Å². The second-order valence-corrected chi connectivity index (χ2v) is 10.2. The van der Waals surface area contributed by atoms with E-state index in [2.05, 4.69) is 0 Å². The summed E-state index contributed by atoms with van der Waals surface area (Å²) in [6, 6.07) is 12.4. The van der Waals surface area contributed by atoms with Gasteiger partial charge in [0, 0.05) is 16.8 Å². The summed E-state index contributed by atoms with van der Waals surface area (Å²) >= 11 is 0. The van der Waals surface area contributed by atoms with E-state index in [0.717, 1.165) is 46.9 Å². The van der Waals surface area contributed by atoms with Crippen LogP contribution in [-0.4, -0.2) is 23.4 Å². The van der Waals surface area contributed by atoms with Crippen LogP contribution in [0.4, 0.5) is 23.2 Å². The van der Waals surface area contributed by atoms with Crippen molar-refractivity contribution in [1.29, 1.82) is 0 Å². The van der Waals surface area contributed by atoms with Gasteiger partial charge in [0.15, 0.2) is 0 Å². The van der Waals surface area contributed by atoms with E-state index in [1.54, 1.807) is 18.2 Å². The number of alkyl halides is 3. The molecule has 1 amide bonds. The minimum absolute atomic E-state index is 0.0144. The molecule has 9 heteroatoms. The number of amides is 1. The first-order valence-corrected chi connectivity index (χ1v) is 12.3. The van der Waals surface area contributed by atoms with Gasteiger partial charge < -0.3 is 9.84 Å². The van der Waals surface area contributed by atoms with Gasteiger partial charge in [0.05, 0.1) is 23.8 Å². The van der Waals surface area contributed by atoms with Gasteiger partial charge in [-0.25, -0.2) is 4.39 Å². The summed E-state index contributed by atoms with van der Waals surface area (Å²) in [6.45, 7) is 8.12. The zero-order valence-corrected chi connectivity index (χ0v) is 21.8. The van der Waals surface area contributed by atoms with E-state index in [1.807, 2.05) is 27.7 Å². The summed E-state index contributed by atoms with van der Waals surface area (Å²) < 4.78 is 58.9. The summed E-state index contributed by atoms with van der Waals surface area (Å²) in [6.07, 6.45) is -4.60. The first kappa shape index (κ1) is 27.9. The molecule has 0 aliphatic carbocycles. The fourth-order valence-corrected chi connectivity index (χ4v) is 4.57. The second-order valence-electron chi connectivity index (χ2n) is 10.2. The van der Waals surface area contributed by atoms with Crippen molar-refractivity contribution in [3.8, 4) is 5.75 Å². The molecule has 1 N–H and O–H groups in total. The zero-order chi connectivity index (χ0) is 28.7. The number of hydrogen-bond donors (Lipinski definition) is 1. The number of ketones is 1. The van der Waals surface area contributed by atoms with Crippen LogP contribution in [0.15, 0.2) is 72.3 Å². The Balaban J connectivity index is 1.92. The van der Waals surface area contributed by atoms with E-state index in [-0.39, 0.29) is 16.8 Å². The Bertz CT molecular complexity index is 1440. The molecule has 1 saturated heterocycles. The molecular weight excluding hydrogens is 514 g/mol. The third-order valence-electron chi connectivity index (χ3n) is 6.46. The molecule has 3 aromatic carbocycles. The molecule has 5 nitrogen and oxygen atoms in total. The molecule has 0 radical (unpaired) electrons. The fraction of sp³-hybridized carbons (Fsp3) is 0.267. The van der Waals surface area contributed by atoms with E-state index in [0.29, 0.717) is 17.9 Å². The SMILES string of the molecule is CCOc1ccc(/C(O)=C2/C(=O)C(=O)N(c3ccc(C(F)(F)F)cc3)C2c2ccc(F)cc2)cc1C(C)(C)C. The normalized spacial score (nSPS) is 17.5. The Labute approximate surface area is 223 Å². The van der Waals surface area contributed by atoms with Gasteiger partial charge in [-0.05, 0) is 72.5 Å². The maximum Gasteiger partial charge on any atom is 0.416 e. The molecule has 1 aliphatic heterocycles. The minimum Gasteiger partial charge on any atom is -0.507 e. The van der Waals surface area contributed by atoms with Crippen molar-refractivity contribution in [3.05, 3.63) is 100 Å². The van der Waals surface area contributed by atoms with Crippen LogP contribution in [0.25, 0.3) is 5.76 Å². The smallest absolute Gasteiger partial charge is 0.416 e. The number of aliphatic hydroxyl groups excluding tert-OH is 1. The number of benzene rings is 3. The highest BCUT2D eigenvalue weighted by Crippen LogP contribution is 2.44. The predicted octanol–water partition coefficient (Wildman–Crippen LogP) is 7.17. The van der Waals surface area contributed by atoms with Crippen LogP contribution in [0, 0.1) is 5.82 Å². The molecule has 0 spiro atoms. The van der Waals surface area contributed by atoms with Crippen molar-refractivity contribution in [3.63, 3.8) is 0 Å². The van der Waals surface area contributed by atoms with Gasteiger partial charge in [0.1, 0.15) is 17.3 Å². The number of carbonyl (C=O) groups is 2. The summed E-state index contributed by atoms with van der Waals surface area (Å²) in [5, 5.41) is 11.4. The number of Topliss-reactive ketones (excluding diaryl/α,β-unsaturated/α-hetero) is 1. The molecule has 3 aromatic rings. The van der Waals surface area contributed by atoms with E-state index < -0.39 is 46.5 Å². The molecule has 1 heterocycles. The van der Waals surface area contributed by atoms with Gasteiger partial charge in [-0.1, -0.05) is 32.9 Å². The largest absolute Gasteiger partial charge is 0.507 e. The van der Waals surface area contributed by atoms with Gasteiger partial charge in [-0.2, -0.15) is 13.2 Å². The number of anilines is 1. The summed E-state index contributed by atoms with van der Waals surface area (Å²) in [7, 11) is 0. The maximum absolute atomic E-state index is 13.8. The number of hydrogen-bond acceptors (Lipinski definition) is 4. The molecule has 39 heavy (non-hydrogen) atoms. The minimum atomic E-state index is -4.60. The van der Waals surface area contributed by atoms with Crippen LogP contribution in [0.3, 0.4) is 0 Å². The summed E-state index contributed by atoms with van der Waals surface area (Å²) in [5.41, 5.74) is -0.283. The maximum atomic E-state index is 13.8. The van der Waals surface area contributed by atoms with E-state index in [4.69, 9.17) is 4.74 Å². The molecule has 204 valence electrons. The molecule has 0 bridgehead atoms. The van der Waals surface area contributed by atoms with Crippen molar-refractivity contribution in [2.24, 2.45) is 0 Å². The molecule has 1 atom stereocenters. The number of nitrogens with zero attached hydrogens (tertiary/aromatic N) is 1. The van der Waals surface area contributed by atoms with Crippen molar-refractivity contribution in [2.75, 3.05) is 11.5 Å². The average molecular weight is 542 g/mol.